The van der Waals surface area contributed by atoms with E-state index in [0.29, 0.717) is 42.1 Å². The fourth-order valence-electron chi connectivity index (χ4n) is 2.40. The van der Waals surface area contributed by atoms with Crippen molar-refractivity contribution in [1.29, 1.82) is 0 Å². The van der Waals surface area contributed by atoms with Gasteiger partial charge in [0, 0.05) is 16.3 Å². The Kier molecular flexibility index (Phi) is 6.53. The van der Waals surface area contributed by atoms with Crippen molar-refractivity contribution in [1.82, 2.24) is 15.2 Å². The van der Waals surface area contributed by atoms with Gasteiger partial charge in [-0.25, -0.2) is 10.1 Å². The highest BCUT2D eigenvalue weighted by Gasteiger charge is 2.17. The number of nitrogens with one attached hydrogen (secondary N) is 1. The lowest BCUT2D eigenvalue weighted by atomic mass is 10.2. The van der Waals surface area contributed by atoms with Crippen molar-refractivity contribution in [2.24, 2.45) is 5.10 Å². The van der Waals surface area contributed by atoms with E-state index in [0.717, 1.165) is 0 Å². The molecule has 0 aliphatic rings. The molecule has 0 saturated heterocycles. The predicted molar refractivity (Wildman–Crippen MR) is 115 cm³/mol. The Balaban J connectivity index is 1.83. The fourth-order valence-corrected chi connectivity index (χ4v) is 3.87. The Morgan fingerprint density at radius 2 is 1.64 bits per heavy atom. The first-order chi connectivity index (χ1) is 13.3. The molecule has 0 saturated carbocycles. The van der Waals surface area contributed by atoms with E-state index in [-0.39, 0.29) is 5.69 Å². The van der Waals surface area contributed by atoms with Crippen LogP contribution in [0.2, 0.25) is 25.1 Å². The largest absolute Gasteiger partial charge is 0.291 e. The van der Waals surface area contributed by atoms with Crippen molar-refractivity contribution < 1.29 is 4.79 Å². The number of aryl methyl sites for hydroxylation is 1. The second kappa shape index (κ2) is 8.72. The second-order valence-corrected chi connectivity index (χ2v) is 7.70. The molecule has 0 aliphatic carbocycles. The van der Waals surface area contributed by atoms with Gasteiger partial charge in [-0.3, -0.25) is 4.79 Å². The Labute approximate surface area is 185 Å². The third kappa shape index (κ3) is 4.45. The molecule has 144 valence electrons. The summed E-state index contributed by atoms with van der Waals surface area (Å²) < 4.78 is 1.46. The molecule has 5 nitrogen and oxygen atoms in total. The first-order valence-corrected chi connectivity index (χ1v) is 9.66. The maximum absolute atomic E-state index is 12.4. The van der Waals surface area contributed by atoms with E-state index < -0.39 is 5.91 Å². The highest BCUT2D eigenvalue weighted by molar-refractivity contribution is 6.40. The normalized spacial score (nSPS) is 11.2. The number of hydrazone groups is 1. The van der Waals surface area contributed by atoms with Crippen molar-refractivity contribution in [2.75, 3.05) is 0 Å². The second-order valence-electron chi connectivity index (χ2n) is 5.64. The molecule has 3 aromatic rings. The summed E-state index contributed by atoms with van der Waals surface area (Å²) in [5.41, 5.74) is 4.08. The third-order valence-corrected chi connectivity index (χ3v) is 5.13. The van der Waals surface area contributed by atoms with Crippen LogP contribution in [-0.2, 0) is 0 Å². The maximum Gasteiger partial charge on any atom is 0.291 e. The number of aromatic nitrogens is 2. The van der Waals surface area contributed by atoms with Gasteiger partial charge in [-0.1, -0.05) is 64.1 Å². The molecule has 0 aliphatic heterocycles. The van der Waals surface area contributed by atoms with Gasteiger partial charge in [0.2, 0.25) is 0 Å². The van der Waals surface area contributed by atoms with Crippen molar-refractivity contribution in [3.05, 3.63) is 78.5 Å². The molecule has 3 rings (SSSR count). The summed E-state index contributed by atoms with van der Waals surface area (Å²) in [5, 5.41) is 9.99. The predicted octanol–water partition coefficient (Wildman–Crippen LogP) is 6.21. The molecule has 0 radical (unpaired) electrons. The number of halogens is 5. The monoisotopic (exact) mass is 474 g/mol. The van der Waals surface area contributed by atoms with Crippen molar-refractivity contribution in [3.63, 3.8) is 0 Å². The minimum absolute atomic E-state index is 0.127. The van der Waals surface area contributed by atoms with E-state index in [9.17, 15) is 4.79 Å². The first-order valence-electron chi connectivity index (χ1n) is 7.77. The highest BCUT2D eigenvalue weighted by Crippen LogP contribution is 2.32. The summed E-state index contributed by atoms with van der Waals surface area (Å²) in [5.74, 6) is -0.525. The summed E-state index contributed by atoms with van der Waals surface area (Å²) in [6, 6.07) is 9.71. The minimum atomic E-state index is -0.525. The smallest absolute Gasteiger partial charge is 0.265 e. The Morgan fingerprint density at radius 3 is 2.25 bits per heavy atom. The number of carbonyl (C=O) groups is 1. The van der Waals surface area contributed by atoms with Crippen LogP contribution in [0.25, 0.3) is 5.69 Å². The molecule has 1 heterocycles. The molecule has 0 atom stereocenters. The number of hydrogen-bond donors (Lipinski definition) is 1. The molecule has 10 heteroatoms. The van der Waals surface area contributed by atoms with Gasteiger partial charge in [0.05, 0.1) is 26.3 Å². The van der Waals surface area contributed by atoms with Crippen LogP contribution in [0.4, 0.5) is 0 Å². The maximum atomic E-state index is 12.4. The topological polar surface area (TPSA) is 59.3 Å². The molecule has 0 spiro atoms. The summed E-state index contributed by atoms with van der Waals surface area (Å²) in [6.07, 6.45) is 1.36. The standard InChI is InChI=1S/C18H11Cl5N4O/c1-9-5-16(26-27(9)17-14(22)6-10(19)7-15(17)23)18(28)25-24-8-11-12(20)3-2-4-13(11)21/h2-8H,1H3,(H,25,28)/b24-8-. The summed E-state index contributed by atoms with van der Waals surface area (Å²) in [6.45, 7) is 1.76. The number of nitrogens with zero attached hydrogens (tertiary/aromatic N) is 3. The lowest BCUT2D eigenvalue weighted by Crippen LogP contribution is -2.18. The average molecular weight is 477 g/mol. The molecule has 1 amide bonds. The van der Waals surface area contributed by atoms with Crippen molar-refractivity contribution in [3.8, 4) is 5.69 Å². The van der Waals surface area contributed by atoms with Crippen molar-refractivity contribution >= 4 is 70.1 Å². The zero-order valence-electron chi connectivity index (χ0n) is 14.2. The number of hydrogen-bond acceptors (Lipinski definition) is 3. The number of carbonyl (C=O) groups excluding carboxylic acids is 1. The van der Waals surface area contributed by atoms with Gasteiger partial charge in [-0.2, -0.15) is 10.2 Å². The number of rotatable bonds is 4. The highest BCUT2D eigenvalue weighted by atomic mass is 35.5. The Hall–Kier alpha value is -1.76. The molecule has 28 heavy (non-hydrogen) atoms. The minimum Gasteiger partial charge on any atom is -0.265 e. The number of benzene rings is 2. The lowest BCUT2D eigenvalue weighted by Gasteiger charge is -2.09. The van der Waals surface area contributed by atoms with Gasteiger partial charge in [-0.15, -0.1) is 0 Å². The van der Waals surface area contributed by atoms with E-state index in [1.807, 2.05) is 0 Å². The number of amides is 1. The third-order valence-electron chi connectivity index (χ3n) is 3.67. The van der Waals surface area contributed by atoms with Gasteiger partial charge in [0.15, 0.2) is 5.69 Å². The van der Waals surface area contributed by atoms with E-state index in [1.165, 1.54) is 10.9 Å². The van der Waals surface area contributed by atoms with Crippen LogP contribution in [0.15, 0.2) is 41.5 Å². The molecule has 0 bridgehead atoms. The van der Waals surface area contributed by atoms with Gasteiger partial charge < -0.3 is 0 Å². The SMILES string of the molecule is Cc1cc(C(=O)N/N=C\c2c(Cl)cccc2Cl)nn1-c1c(Cl)cc(Cl)cc1Cl. The first kappa shape index (κ1) is 21.0. The Bertz CT molecular complexity index is 1050. The van der Waals surface area contributed by atoms with Gasteiger partial charge in [0.1, 0.15) is 5.69 Å². The molecule has 0 unspecified atom stereocenters. The van der Waals surface area contributed by atoms with Gasteiger partial charge in [-0.05, 0) is 37.3 Å². The summed E-state index contributed by atoms with van der Waals surface area (Å²) >= 11 is 30.5. The summed E-state index contributed by atoms with van der Waals surface area (Å²) in [7, 11) is 0. The van der Waals surface area contributed by atoms with Crippen LogP contribution in [0.1, 0.15) is 21.7 Å². The van der Waals surface area contributed by atoms with Crippen LogP contribution >= 0.6 is 58.0 Å². The van der Waals surface area contributed by atoms with Gasteiger partial charge >= 0.3 is 0 Å². The van der Waals surface area contributed by atoms with E-state index in [4.69, 9.17) is 58.0 Å². The van der Waals surface area contributed by atoms with E-state index >= 15 is 0 Å². The molecular formula is C18H11Cl5N4O. The molecule has 0 fully saturated rings. The van der Waals surface area contributed by atoms with Crippen LogP contribution in [0, 0.1) is 6.92 Å². The van der Waals surface area contributed by atoms with Crippen molar-refractivity contribution in [2.45, 2.75) is 6.92 Å². The van der Waals surface area contributed by atoms with E-state index in [1.54, 1.807) is 43.3 Å². The fraction of sp³-hybridized carbons (Fsp3) is 0.0556. The quantitative estimate of drug-likeness (QED) is 0.359. The molecule has 1 N–H and O–H groups in total. The molecule has 1 aromatic heterocycles. The lowest BCUT2D eigenvalue weighted by molar-refractivity contribution is 0.0949. The summed E-state index contributed by atoms with van der Waals surface area (Å²) in [4.78, 5) is 12.4. The van der Waals surface area contributed by atoms with E-state index in [2.05, 4.69) is 15.6 Å². The molecule has 2 aromatic carbocycles. The van der Waals surface area contributed by atoms with Crippen LogP contribution < -0.4 is 5.43 Å². The zero-order chi connectivity index (χ0) is 20.4. The van der Waals surface area contributed by atoms with Crippen LogP contribution in [-0.4, -0.2) is 21.9 Å². The van der Waals surface area contributed by atoms with Crippen LogP contribution in [0.5, 0.6) is 0 Å². The zero-order valence-corrected chi connectivity index (χ0v) is 18.0. The van der Waals surface area contributed by atoms with Crippen LogP contribution in [0.3, 0.4) is 0 Å². The van der Waals surface area contributed by atoms with Gasteiger partial charge in [0.25, 0.3) is 5.91 Å². The molecular weight excluding hydrogens is 465 g/mol. The average Bonchev–Trinajstić information content (AvgIpc) is 2.98. The Morgan fingerprint density at radius 1 is 1.04 bits per heavy atom.